The van der Waals surface area contributed by atoms with E-state index in [1.807, 2.05) is 24.3 Å². The van der Waals surface area contributed by atoms with E-state index in [-0.39, 0.29) is 30.3 Å². The fraction of sp³-hybridized carbons (Fsp3) is 0.526. The predicted molar refractivity (Wildman–Crippen MR) is 103 cm³/mol. The van der Waals surface area contributed by atoms with E-state index in [0.29, 0.717) is 23.4 Å². The number of hydrogen-bond donors (Lipinski definition) is 2. The van der Waals surface area contributed by atoms with E-state index in [1.54, 1.807) is 6.92 Å². The van der Waals surface area contributed by atoms with Crippen molar-refractivity contribution >= 4 is 24.0 Å². The number of hydrogen-bond acceptors (Lipinski definition) is 6. The smallest absolute Gasteiger partial charge is 0.232 e. The van der Waals surface area contributed by atoms with Gasteiger partial charge in [-0.3, -0.25) is 4.79 Å². The van der Waals surface area contributed by atoms with Crippen LogP contribution >= 0.6 is 12.4 Å². The lowest BCUT2D eigenvalue weighted by molar-refractivity contribution is -0.128. The molecule has 1 saturated carbocycles. The molecule has 2 heterocycles. The van der Waals surface area contributed by atoms with E-state index in [9.17, 15) is 4.79 Å². The largest absolute Gasteiger partial charge is 0.485 e. The zero-order valence-corrected chi connectivity index (χ0v) is 16.2. The summed E-state index contributed by atoms with van der Waals surface area (Å²) < 4.78 is 10.6. The third kappa shape index (κ3) is 4.09. The Morgan fingerprint density at radius 2 is 2.19 bits per heavy atom. The van der Waals surface area contributed by atoms with E-state index < -0.39 is 0 Å². The van der Waals surface area contributed by atoms with Gasteiger partial charge in [-0.1, -0.05) is 18.0 Å². The quantitative estimate of drug-likeness (QED) is 0.812. The molecule has 1 aromatic heterocycles. The van der Waals surface area contributed by atoms with Gasteiger partial charge in [0.25, 0.3) is 0 Å². The Morgan fingerprint density at radius 1 is 1.37 bits per heavy atom. The Morgan fingerprint density at radius 3 is 2.93 bits per heavy atom. The summed E-state index contributed by atoms with van der Waals surface area (Å²) in [6.45, 7) is 3.73. The number of amides is 1. The van der Waals surface area contributed by atoms with Gasteiger partial charge >= 0.3 is 0 Å². The van der Waals surface area contributed by atoms with Crippen molar-refractivity contribution in [3.63, 3.8) is 0 Å². The molecule has 0 spiro atoms. The molecule has 1 aromatic carbocycles. The molecule has 0 unspecified atom stereocenters. The van der Waals surface area contributed by atoms with Crippen LogP contribution in [0.4, 0.5) is 5.69 Å². The molecule has 2 aromatic rings. The van der Waals surface area contributed by atoms with Gasteiger partial charge in [-0.15, -0.1) is 12.4 Å². The molecule has 2 atom stereocenters. The molecule has 2 N–H and O–H groups in total. The molecule has 0 bridgehead atoms. The molecule has 27 heavy (non-hydrogen) atoms. The second kappa shape index (κ2) is 8.27. The number of carbonyl (C=O) groups is 1. The molecule has 1 saturated heterocycles. The van der Waals surface area contributed by atoms with Gasteiger partial charge in [0.05, 0.1) is 5.41 Å². The molecule has 1 amide bonds. The van der Waals surface area contributed by atoms with Crippen LogP contribution in [-0.2, 0) is 11.4 Å². The van der Waals surface area contributed by atoms with E-state index in [2.05, 4.69) is 20.8 Å². The minimum absolute atomic E-state index is 0. The molecular weight excluding hydrogens is 368 g/mol. The van der Waals surface area contributed by atoms with Crippen molar-refractivity contribution < 1.29 is 14.1 Å². The van der Waals surface area contributed by atoms with Gasteiger partial charge in [0.15, 0.2) is 6.61 Å². The lowest BCUT2D eigenvalue weighted by Crippen LogP contribution is -2.44. The van der Waals surface area contributed by atoms with Crippen molar-refractivity contribution in [3.8, 4) is 5.75 Å². The molecule has 0 radical (unpaired) electrons. The standard InChI is InChI=1S/C19H24N4O3.ClH/c1-13-21-17(23-26-13)11-25-16-7-5-15(6-8-16)22-18(24)19-9-3-2-4-14(19)10-20-12-19;/h5-8,14,20H,2-4,9-12H2,1H3,(H,22,24);1H/t14-,19+;/m0./s1. The number of halogens is 1. The lowest BCUT2D eigenvalue weighted by Gasteiger charge is -2.37. The highest BCUT2D eigenvalue weighted by Crippen LogP contribution is 2.44. The van der Waals surface area contributed by atoms with Crippen LogP contribution < -0.4 is 15.4 Å². The maximum Gasteiger partial charge on any atom is 0.232 e. The zero-order chi connectivity index (χ0) is 18.0. The van der Waals surface area contributed by atoms with Crippen molar-refractivity contribution in [2.45, 2.75) is 39.2 Å². The number of aromatic nitrogens is 2. The van der Waals surface area contributed by atoms with Crippen LogP contribution in [0.15, 0.2) is 28.8 Å². The summed E-state index contributed by atoms with van der Waals surface area (Å²) in [5.41, 5.74) is 0.549. The Labute approximate surface area is 164 Å². The summed E-state index contributed by atoms with van der Waals surface area (Å²) in [5.74, 6) is 2.32. The van der Waals surface area contributed by atoms with Crippen molar-refractivity contribution in [3.05, 3.63) is 36.0 Å². The summed E-state index contributed by atoms with van der Waals surface area (Å²) in [5, 5.41) is 10.3. The highest BCUT2D eigenvalue weighted by Gasteiger charge is 2.49. The summed E-state index contributed by atoms with van der Waals surface area (Å²) >= 11 is 0. The molecule has 2 aliphatic rings. The van der Waals surface area contributed by atoms with Crippen LogP contribution in [0.5, 0.6) is 5.75 Å². The summed E-state index contributed by atoms with van der Waals surface area (Å²) in [7, 11) is 0. The normalized spacial score (nSPS) is 24.0. The van der Waals surface area contributed by atoms with E-state index >= 15 is 0 Å². The molecule has 8 heteroatoms. The third-order valence-electron chi connectivity index (χ3n) is 5.54. The first kappa shape index (κ1) is 19.6. The molecule has 146 valence electrons. The van der Waals surface area contributed by atoms with E-state index in [1.165, 1.54) is 6.42 Å². The number of fused-ring (bicyclic) bond motifs is 1. The number of nitrogens with one attached hydrogen (secondary N) is 2. The van der Waals surface area contributed by atoms with Crippen molar-refractivity contribution in [1.82, 2.24) is 15.5 Å². The van der Waals surface area contributed by atoms with Crippen LogP contribution in [0.3, 0.4) is 0 Å². The van der Waals surface area contributed by atoms with Gasteiger partial charge in [-0.2, -0.15) is 4.98 Å². The SMILES string of the molecule is Cc1nc(COc2ccc(NC(=O)[C@@]34CCCC[C@H]3CNC4)cc2)no1.Cl. The van der Waals surface area contributed by atoms with Gasteiger partial charge in [0, 0.05) is 19.2 Å². The first-order chi connectivity index (χ1) is 12.7. The molecule has 1 aliphatic carbocycles. The second-order valence-electron chi connectivity index (χ2n) is 7.23. The molecular formula is C19H25ClN4O3. The summed E-state index contributed by atoms with van der Waals surface area (Å²) in [4.78, 5) is 17.1. The number of aryl methyl sites for hydroxylation is 1. The zero-order valence-electron chi connectivity index (χ0n) is 15.4. The van der Waals surface area contributed by atoms with Crippen LogP contribution in [0.2, 0.25) is 0 Å². The summed E-state index contributed by atoms with van der Waals surface area (Å²) in [6.07, 6.45) is 4.48. The minimum Gasteiger partial charge on any atom is -0.485 e. The van der Waals surface area contributed by atoms with Crippen molar-refractivity contribution in [2.75, 3.05) is 18.4 Å². The topological polar surface area (TPSA) is 89.3 Å². The van der Waals surface area contributed by atoms with Crippen LogP contribution in [0.1, 0.15) is 37.4 Å². The Hall–Kier alpha value is -2.12. The number of nitrogens with zero attached hydrogens (tertiary/aromatic N) is 2. The molecule has 1 aliphatic heterocycles. The fourth-order valence-electron chi connectivity index (χ4n) is 4.13. The van der Waals surface area contributed by atoms with Crippen LogP contribution in [-0.4, -0.2) is 29.1 Å². The van der Waals surface area contributed by atoms with Crippen LogP contribution in [0.25, 0.3) is 0 Å². The maximum absolute atomic E-state index is 13.0. The number of ether oxygens (including phenoxy) is 1. The van der Waals surface area contributed by atoms with Crippen molar-refractivity contribution in [1.29, 1.82) is 0 Å². The van der Waals surface area contributed by atoms with Crippen LogP contribution in [0, 0.1) is 18.3 Å². The number of benzene rings is 1. The molecule has 4 rings (SSSR count). The van der Waals surface area contributed by atoms with E-state index in [0.717, 1.165) is 38.0 Å². The minimum atomic E-state index is -0.246. The second-order valence-corrected chi connectivity index (χ2v) is 7.23. The monoisotopic (exact) mass is 392 g/mol. The summed E-state index contributed by atoms with van der Waals surface area (Å²) in [6, 6.07) is 7.41. The fourth-order valence-corrected chi connectivity index (χ4v) is 4.13. The first-order valence-electron chi connectivity index (χ1n) is 9.20. The average Bonchev–Trinajstić information content (AvgIpc) is 3.28. The van der Waals surface area contributed by atoms with E-state index in [4.69, 9.17) is 9.26 Å². The Kier molecular flexibility index (Phi) is 6.01. The van der Waals surface area contributed by atoms with Crippen molar-refractivity contribution in [2.24, 2.45) is 11.3 Å². The average molecular weight is 393 g/mol. The Bertz CT molecular complexity index is 780. The highest BCUT2D eigenvalue weighted by molar-refractivity contribution is 5.96. The highest BCUT2D eigenvalue weighted by atomic mass is 35.5. The third-order valence-corrected chi connectivity index (χ3v) is 5.54. The number of rotatable bonds is 5. The molecule has 2 fully saturated rings. The maximum atomic E-state index is 13.0. The predicted octanol–water partition coefficient (Wildman–Crippen LogP) is 3.10. The van der Waals surface area contributed by atoms with Gasteiger partial charge in [-0.05, 0) is 49.6 Å². The van der Waals surface area contributed by atoms with Gasteiger partial charge < -0.3 is 19.9 Å². The van der Waals surface area contributed by atoms with Gasteiger partial charge in [0.1, 0.15) is 5.75 Å². The van der Waals surface area contributed by atoms with Gasteiger partial charge in [0.2, 0.25) is 17.6 Å². The first-order valence-corrected chi connectivity index (χ1v) is 9.20. The Balaban J connectivity index is 0.00000210. The lowest BCUT2D eigenvalue weighted by atomic mass is 9.67. The number of carbonyl (C=O) groups excluding carboxylic acids is 1. The number of anilines is 1. The molecule has 7 nitrogen and oxygen atoms in total. The van der Waals surface area contributed by atoms with Gasteiger partial charge in [-0.25, -0.2) is 0 Å².